The normalized spacial score (nSPS) is 51.4. The molecule has 4 fully saturated rings. The van der Waals surface area contributed by atoms with Gasteiger partial charge in [-0.1, -0.05) is 13.8 Å². The molecule has 0 heterocycles. The zero-order valence-corrected chi connectivity index (χ0v) is 9.74. The van der Waals surface area contributed by atoms with Crippen molar-refractivity contribution >= 4 is 0 Å². The lowest BCUT2D eigenvalue weighted by Crippen LogP contribution is -2.62. The van der Waals surface area contributed by atoms with Crippen molar-refractivity contribution in [2.75, 3.05) is 0 Å². The van der Waals surface area contributed by atoms with Gasteiger partial charge in [0.2, 0.25) is 0 Å². The number of hydrogen-bond acceptors (Lipinski definition) is 2. The Labute approximate surface area is 91.7 Å². The molecular formula is C13H22O2. The first kappa shape index (κ1) is 10.1. The first-order valence-corrected chi connectivity index (χ1v) is 6.39. The molecule has 4 bridgehead atoms. The van der Waals surface area contributed by atoms with Crippen LogP contribution in [0.5, 0.6) is 0 Å². The van der Waals surface area contributed by atoms with Crippen LogP contribution in [0, 0.1) is 29.1 Å². The predicted octanol–water partition coefficient (Wildman–Crippen LogP) is 2.15. The SMILES string of the molecule is CC(C)C12CC3CC(C1)C(O)(O)C(C3)C2. The summed E-state index contributed by atoms with van der Waals surface area (Å²) in [6, 6.07) is 0. The van der Waals surface area contributed by atoms with Crippen molar-refractivity contribution in [2.45, 2.75) is 51.7 Å². The van der Waals surface area contributed by atoms with Crippen molar-refractivity contribution < 1.29 is 10.2 Å². The summed E-state index contributed by atoms with van der Waals surface area (Å²) in [4.78, 5) is 0. The molecular weight excluding hydrogens is 188 g/mol. The molecule has 2 nitrogen and oxygen atoms in total. The maximum atomic E-state index is 10.1. The maximum Gasteiger partial charge on any atom is 0.168 e. The van der Waals surface area contributed by atoms with Crippen LogP contribution in [0.15, 0.2) is 0 Å². The first-order chi connectivity index (χ1) is 6.94. The summed E-state index contributed by atoms with van der Waals surface area (Å²) in [6.45, 7) is 4.62. The zero-order chi connectivity index (χ0) is 10.8. The lowest BCUT2D eigenvalue weighted by molar-refractivity contribution is -0.312. The molecule has 0 aromatic heterocycles. The van der Waals surface area contributed by atoms with Crippen molar-refractivity contribution in [1.29, 1.82) is 0 Å². The van der Waals surface area contributed by atoms with Gasteiger partial charge in [0.15, 0.2) is 5.79 Å². The Hall–Kier alpha value is -0.0800. The number of rotatable bonds is 1. The van der Waals surface area contributed by atoms with Crippen molar-refractivity contribution in [3.63, 3.8) is 0 Å². The summed E-state index contributed by atoms with van der Waals surface area (Å²) in [6.07, 6.45) is 5.54. The molecule has 0 spiro atoms. The van der Waals surface area contributed by atoms with E-state index >= 15 is 0 Å². The van der Waals surface area contributed by atoms with E-state index in [0.29, 0.717) is 11.3 Å². The molecule has 0 aromatic carbocycles. The third-order valence-electron chi connectivity index (χ3n) is 5.66. The topological polar surface area (TPSA) is 40.5 Å². The Kier molecular flexibility index (Phi) is 1.87. The molecule has 0 aliphatic heterocycles. The Bertz CT molecular complexity index is 264. The van der Waals surface area contributed by atoms with Crippen LogP contribution >= 0.6 is 0 Å². The fraction of sp³-hybridized carbons (Fsp3) is 1.00. The Morgan fingerprint density at radius 3 is 2.00 bits per heavy atom. The summed E-state index contributed by atoms with van der Waals surface area (Å²) in [7, 11) is 0. The van der Waals surface area contributed by atoms with E-state index in [0.717, 1.165) is 31.6 Å². The summed E-state index contributed by atoms with van der Waals surface area (Å²) < 4.78 is 0. The van der Waals surface area contributed by atoms with E-state index < -0.39 is 5.79 Å². The molecule has 0 amide bonds. The highest BCUT2D eigenvalue weighted by Crippen LogP contribution is 2.65. The molecule has 15 heavy (non-hydrogen) atoms. The minimum atomic E-state index is -1.34. The van der Waals surface area contributed by atoms with Gasteiger partial charge in [0, 0.05) is 11.8 Å². The van der Waals surface area contributed by atoms with Gasteiger partial charge in [-0.25, -0.2) is 0 Å². The van der Waals surface area contributed by atoms with E-state index in [2.05, 4.69) is 13.8 Å². The second-order valence-electron chi connectivity index (χ2n) is 6.64. The van der Waals surface area contributed by atoms with Crippen LogP contribution in [0.4, 0.5) is 0 Å². The molecule has 2 N–H and O–H groups in total. The van der Waals surface area contributed by atoms with Gasteiger partial charge >= 0.3 is 0 Å². The number of aliphatic hydroxyl groups is 2. The van der Waals surface area contributed by atoms with Crippen molar-refractivity contribution in [2.24, 2.45) is 29.1 Å². The first-order valence-electron chi connectivity index (χ1n) is 6.39. The van der Waals surface area contributed by atoms with Crippen molar-refractivity contribution in [3.8, 4) is 0 Å². The molecule has 4 aliphatic rings. The minimum absolute atomic E-state index is 0.158. The summed E-state index contributed by atoms with van der Waals surface area (Å²) in [5, 5.41) is 20.3. The van der Waals surface area contributed by atoms with Crippen molar-refractivity contribution in [3.05, 3.63) is 0 Å². The van der Waals surface area contributed by atoms with E-state index in [-0.39, 0.29) is 11.8 Å². The highest BCUT2D eigenvalue weighted by Gasteiger charge is 2.61. The molecule has 4 aliphatic carbocycles. The fourth-order valence-electron chi connectivity index (χ4n) is 4.73. The molecule has 2 heteroatoms. The molecule has 86 valence electrons. The lowest BCUT2D eigenvalue weighted by atomic mass is 9.45. The van der Waals surface area contributed by atoms with E-state index in [1.165, 1.54) is 6.42 Å². The van der Waals surface area contributed by atoms with Gasteiger partial charge in [0.1, 0.15) is 0 Å². The third-order valence-corrected chi connectivity index (χ3v) is 5.66. The van der Waals surface area contributed by atoms with Crippen LogP contribution in [0.3, 0.4) is 0 Å². The quantitative estimate of drug-likeness (QED) is 0.651. The Morgan fingerprint density at radius 1 is 1.00 bits per heavy atom. The van der Waals surface area contributed by atoms with Crippen LogP contribution in [0.25, 0.3) is 0 Å². The van der Waals surface area contributed by atoms with Crippen LogP contribution in [-0.4, -0.2) is 16.0 Å². The van der Waals surface area contributed by atoms with Crippen LogP contribution in [0.1, 0.15) is 46.0 Å². The molecule has 0 saturated heterocycles. The second-order valence-corrected chi connectivity index (χ2v) is 6.64. The van der Waals surface area contributed by atoms with Gasteiger partial charge < -0.3 is 10.2 Å². The molecule has 0 aromatic rings. The summed E-state index contributed by atoms with van der Waals surface area (Å²) >= 11 is 0. The molecule has 4 saturated carbocycles. The lowest BCUT2D eigenvalue weighted by Gasteiger charge is -2.63. The van der Waals surface area contributed by atoms with E-state index in [9.17, 15) is 10.2 Å². The molecule has 0 radical (unpaired) electrons. The average molecular weight is 210 g/mol. The fourth-order valence-corrected chi connectivity index (χ4v) is 4.73. The van der Waals surface area contributed by atoms with Gasteiger partial charge in [-0.05, 0) is 49.4 Å². The van der Waals surface area contributed by atoms with Crippen LogP contribution in [-0.2, 0) is 0 Å². The van der Waals surface area contributed by atoms with Crippen LogP contribution < -0.4 is 0 Å². The molecule has 2 atom stereocenters. The summed E-state index contributed by atoms with van der Waals surface area (Å²) in [5.74, 6) is 0.450. The van der Waals surface area contributed by atoms with Gasteiger partial charge in [0.25, 0.3) is 0 Å². The van der Waals surface area contributed by atoms with Gasteiger partial charge in [-0.3, -0.25) is 0 Å². The van der Waals surface area contributed by atoms with Gasteiger partial charge in [-0.2, -0.15) is 0 Å². The highest BCUT2D eigenvalue weighted by atomic mass is 16.5. The Balaban J connectivity index is 1.96. The predicted molar refractivity (Wildman–Crippen MR) is 58.0 cm³/mol. The average Bonchev–Trinajstić information content (AvgIpc) is 2.13. The van der Waals surface area contributed by atoms with Gasteiger partial charge in [-0.15, -0.1) is 0 Å². The van der Waals surface area contributed by atoms with E-state index in [1.807, 2.05) is 0 Å². The van der Waals surface area contributed by atoms with Gasteiger partial charge in [0.05, 0.1) is 0 Å². The Morgan fingerprint density at radius 2 is 1.53 bits per heavy atom. The molecule has 4 rings (SSSR count). The highest BCUT2D eigenvalue weighted by molar-refractivity contribution is 5.08. The zero-order valence-electron chi connectivity index (χ0n) is 9.74. The smallest absolute Gasteiger partial charge is 0.168 e. The standard InChI is InChI=1S/C13H22O2/c1-8(2)12-5-9-3-10(6-12)13(14,15)11(4-9)7-12/h8-11,14-15H,3-7H2,1-2H3. The van der Waals surface area contributed by atoms with Crippen molar-refractivity contribution in [1.82, 2.24) is 0 Å². The third kappa shape index (κ3) is 1.18. The summed E-state index contributed by atoms with van der Waals surface area (Å²) in [5.41, 5.74) is 0.436. The second kappa shape index (κ2) is 2.78. The largest absolute Gasteiger partial charge is 0.365 e. The van der Waals surface area contributed by atoms with Crippen LogP contribution in [0.2, 0.25) is 0 Å². The van der Waals surface area contributed by atoms with E-state index in [1.54, 1.807) is 0 Å². The minimum Gasteiger partial charge on any atom is -0.365 e. The molecule has 2 unspecified atom stereocenters. The number of hydrogen-bond donors (Lipinski definition) is 2. The monoisotopic (exact) mass is 210 g/mol. The maximum absolute atomic E-state index is 10.1. The van der Waals surface area contributed by atoms with E-state index in [4.69, 9.17) is 0 Å².